The number of carbonyl (C=O) groups is 1. The summed E-state index contributed by atoms with van der Waals surface area (Å²) < 4.78 is 11.6. The van der Waals surface area contributed by atoms with Gasteiger partial charge in [-0.15, -0.1) is 0 Å². The van der Waals surface area contributed by atoms with Crippen molar-refractivity contribution in [2.24, 2.45) is 5.92 Å². The van der Waals surface area contributed by atoms with Crippen LogP contribution >= 0.6 is 0 Å². The van der Waals surface area contributed by atoms with E-state index in [1.54, 1.807) is 0 Å². The normalized spacial score (nSPS) is 21.1. The van der Waals surface area contributed by atoms with Crippen molar-refractivity contribution in [3.63, 3.8) is 0 Å². The topological polar surface area (TPSA) is 58.5 Å². The van der Waals surface area contributed by atoms with E-state index in [-0.39, 0.29) is 5.91 Å². The van der Waals surface area contributed by atoms with Gasteiger partial charge < -0.3 is 19.0 Å². The molecule has 0 aliphatic heterocycles. The van der Waals surface area contributed by atoms with Crippen LogP contribution in [0.1, 0.15) is 61.0 Å². The lowest BCUT2D eigenvalue weighted by molar-refractivity contribution is 0.0711. The summed E-state index contributed by atoms with van der Waals surface area (Å²) in [5.74, 6) is 4.07. The number of hydrogen-bond acceptors (Lipinski definition) is 3. The quantitative estimate of drug-likeness (QED) is 0.623. The van der Waals surface area contributed by atoms with E-state index in [2.05, 4.69) is 18.0 Å². The van der Waals surface area contributed by atoms with Gasteiger partial charge in [0.15, 0.2) is 0 Å². The number of rotatable bonds is 7. The van der Waals surface area contributed by atoms with Crippen molar-refractivity contribution in [3.05, 3.63) is 53.6 Å². The Kier molecular flexibility index (Phi) is 4.18. The van der Waals surface area contributed by atoms with E-state index in [0.717, 1.165) is 41.0 Å². The summed E-state index contributed by atoms with van der Waals surface area (Å²) in [5, 5.41) is 1.02. The lowest BCUT2D eigenvalue weighted by atomic mass is 10.2. The Morgan fingerprint density at radius 2 is 2.07 bits per heavy atom. The minimum absolute atomic E-state index is 0.0365. The van der Waals surface area contributed by atoms with Crippen LogP contribution in [-0.4, -0.2) is 28.4 Å². The Balaban J connectivity index is 1.37. The minimum Gasteiger partial charge on any atom is -0.494 e. The van der Waals surface area contributed by atoms with Crippen LogP contribution in [0.4, 0.5) is 0 Å². The molecule has 3 aromatic rings. The second kappa shape index (κ2) is 6.73. The Morgan fingerprint density at radius 1 is 1.25 bits per heavy atom. The highest BCUT2D eigenvalue weighted by atomic mass is 16.5. The SMILES string of the molecule is CCOc1ccc2cc(C(=O)N(Cc3ccc(C4CC4C)o3)C3CC3)[nH]c2c1. The highest BCUT2D eigenvalue weighted by Crippen LogP contribution is 2.47. The van der Waals surface area contributed by atoms with Crippen molar-refractivity contribution in [1.82, 2.24) is 9.88 Å². The summed E-state index contributed by atoms with van der Waals surface area (Å²) in [6.07, 6.45) is 3.33. The minimum atomic E-state index is 0.0365. The van der Waals surface area contributed by atoms with E-state index in [0.29, 0.717) is 36.7 Å². The first-order chi connectivity index (χ1) is 13.6. The molecule has 28 heavy (non-hydrogen) atoms. The smallest absolute Gasteiger partial charge is 0.270 e. The maximum Gasteiger partial charge on any atom is 0.270 e. The van der Waals surface area contributed by atoms with Gasteiger partial charge in [-0.05, 0) is 62.4 Å². The number of carbonyl (C=O) groups excluding carboxylic acids is 1. The van der Waals surface area contributed by atoms with Gasteiger partial charge in [-0.3, -0.25) is 4.79 Å². The zero-order valence-electron chi connectivity index (χ0n) is 16.4. The van der Waals surface area contributed by atoms with Gasteiger partial charge >= 0.3 is 0 Å². The Hall–Kier alpha value is -2.69. The van der Waals surface area contributed by atoms with E-state index in [1.807, 2.05) is 42.2 Å². The first kappa shape index (κ1) is 17.4. The molecule has 2 aliphatic rings. The molecule has 2 atom stereocenters. The Bertz CT molecular complexity index is 1010. The van der Waals surface area contributed by atoms with Crippen LogP contribution in [0.25, 0.3) is 10.9 Å². The molecule has 0 spiro atoms. The molecule has 2 saturated carbocycles. The average molecular weight is 378 g/mol. The predicted octanol–water partition coefficient (Wildman–Crippen LogP) is 5.09. The lowest BCUT2D eigenvalue weighted by Crippen LogP contribution is -2.32. The van der Waals surface area contributed by atoms with Crippen molar-refractivity contribution in [2.45, 2.75) is 51.6 Å². The number of fused-ring (bicyclic) bond motifs is 1. The maximum absolute atomic E-state index is 13.2. The van der Waals surface area contributed by atoms with Gasteiger partial charge in [-0.1, -0.05) is 6.92 Å². The van der Waals surface area contributed by atoms with E-state index < -0.39 is 0 Å². The monoisotopic (exact) mass is 378 g/mol. The number of ether oxygens (including phenoxy) is 1. The van der Waals surface area contributed by atoms with Crippen LogP contribution in [0.3, 0.4) is 0 Å². The molecule has 2 aromatic heterocycles. The van der Waals surface area contributed by atoms with E-state index in [1.165, 1.54) is 6.42 Å². The van der Waals surface area contributed by atoms with Gasteiger partial charge in [0, 0.05) is 28.9 Å². The number of aromatic nitrogens is 1. The molecule has 2 unspecified atom stereocenters. The van der Waals surface area contributed by atoms with Crippen LogP contribution in [-0.2, 0) is 6.54 Å². The van der Waals surface area contributed by atoms with Gasteiger partial charge in [0.25, 0.3) is 5.91 Å². The molecule has 0 bridgehead atoms. The zero-order valence-corrected chi connectivity index (χ0v) is 16.4. The standard InChI is InChI=1S/C23H26N2O3/c1-3-27-17-7-4-15-11-21(24-20(15)12-17)23(26)25(16-5-6-16)13-18-8-9-22(28-18)19-10-14(19)2/h4,7-9,11-12,14,16,19,24H,3,5-6,10,13H2,1-2H3. The number of nitrogens with one attached hydrogen (secondary N) is 1. The molecular formula is C23H26N2O3. The number of benzene rings is 1. The molecule has 5 heteroatoms. The van der Waals surface area contributed by atoms with Crippen molar-refractivity contribution >= 4 is 16.8 Å². The third-order valence-corrected chi connectivity index (χ3v) is 5.87. The summed E-state index contributed by atoms with van der Waals surface area (Å²) >= 11 is 0. The number of aromatic amines is 1. The highest BCUT2D eigenvalue weighted by Gasteiger charge is 2.38. The molecule has 2 aliphatic carbocycles. The second-order valence-electron chi connectivity index (χ2n) is 8.15. The summed E-state index contributed by atoms with van der Waals surface area (Å²) in [6.45, 7) is 5.37. The number of hydrogen-bond donors (Lipinski definition) is 1. The van der Waals surface area contributed by atoms with Crippen molar-refractivity contribution < 1.29 is 13.9 Å². The first-order valence-electron chi connectivity index (χ1n) is 10.3. The predicted molar refractivity (Wildman–Crippen MR) is 108 cm³/mol. The Morgan fingerprint density at radius 3 is 2.79 bits per heavy atom. The number of amides is 1. The fourth-order valence-electron chi connectivity index (χ4n) is 3.95. The molecular weight excluding hydrogens is 352 g/mol. The summed E-state index contributed by atoms with van der Waals surface area (Å²) in [6, 6.07) is 12.2. The first-order valence-corrected chi connectivity index (χ1v) is 10.3. The molecule has 1 amide bonds. The third-order valence-electron chi connectivity index (χ3n) is 5.87. The highest BCUT2D eigenvalue weighted by molar-refractivity contribution is 5.98. The maximum atomic E-state index is 13.2. The van der Waals surface area contributed by atoms with Crippen LogP contribution in [0.5, 0.6) is 5.75 Å². The summed E-state index contributed by atoms with van der Waals surface area (Å²) in [7, 11) is 0. The molecule has 5 rings (SSSR count). The van der Waals surface area contributed by atoms with Gasteiger partial charge in [0.05, 0.1) is 13.2 Å². The average Bonchev–Trinajstić information content (AvgIpc) is 3.56. The lowest BCUT2D eigenvalue weighted by Gasteiger charge is -2.20. The molecule has 2 fully saturated rings. The van der Waals surface area contributed by atoms with Crippen molar-refractivity contribution in [2.75, 3.05) is 6.61 Å². The van der Waals surface area contributed by atoms with Crippen molar-refractivity contribution in [3.8, 4) is 5.75 Å². The largest absolute Gasteiger partial charge is 0.494 e. The molecule has 5 nitrogen and oxygen atoms in total. The van der Waals surface area contributed by atoms with Crippen LogP contribution < -0.4 is 4.74 Å². The second-order valence-corrected chi connectivity index (χ2v) is 8.15. The molecule has 2 heterocycles. The Labute approximate surface area is 164 Å². The number of H-pyrrole nitrogens is 1. The van der Waals surface area contributed by atoms with E-state index in [9.17, 15) is 4.79 Å². The molecule has 1 aromatic carbocycles. The van der Waals surface area contributed by atoms with E-state index in [4.69, 9.17) is 9.15 Å². The number of nitrogens with zero attached hydrogens (tertiary/aromatic N) is 1. The molecule has 1 N–H and O–H groups in total. The summed E-state index contributed by atoms with van der Waals surface area (Å²) in [4.78, 5) is 18.5. The summed E-state index contributed by atoms with van der Waals surface area (Å²) in [5.41, 5.74) is 1.55. The third kappa shape index (κ3) is 3.30. The van der Waals surface area contributed by atoms with Crippen LogP contribution in [0, 0.1) is 5.92 Å². The zero-order chi connectivity index (χ0) is 19.3. The fraction of sp³-hybridized carbons (Fsp3) is 0.435. The van der Waals surface area contributed by atoms with Gasteiger partial charge in [0.1, 0.15) is 23.0 Å². The molecule has 0 radical (unpaired) electrons. The fourth-order valence-corrected chi connectivity index (χ4v) is 3.95. The molecule has 0 saturated heterocycles. The van der Waals surface area contributed by atoms with Gasteiger partial charge in [0.2, 0.25) is 0 Å². The van der Waals surface area contributed by atoms with Crippen LogP contribution in [0.2, 0.25) is 0 Å². The molecule has 146 valence electrons. The number of furan rings is 1. The van der Waals surface area contributed by atoms with Gasteiger partial charge in [-0.2, -0.15) is 0 Å². The van der Waals surface area contributed by atoms with Crippen LogP contribution in [0.15, 0.2) is 40.8 Å². The van der Waals surface area contributed by atoms with Crippen molar-refractivity contribution in [1.29, 1.82) is 0 Å². The van der Waals surface area contributed by atoms with E-state index >= 15 is 0 Å². The van der Waals surface area contributed by atoms with Gasteiger partial charge in [-0.25, -0.2) is 0 Å².